The van der Waals surface area contributed by atoms with Crippen LogP contribution in [0, 0.1) is 0 Å². The molecule has 0 bridgehead atoms. The number of urea groups is 1. The molecule has 2 amide bonds. The van der Waals surface area contributed by atoms with Gasteiger partial charge in [0.1, 0.15) is 11.5 Å². The van der Waals surface area contributed by atoms with Crippen molar-refractivity contribution >= 4 is 28.5 Å². The van der Waals surface area contributed by atoms with Gasteiger partial charge in [0, 0.05) is 13.0 Å². The van der Waals surface area contributed by atoms with E-state index in [1.165, 1.54) is 6.92 Å². The third kappa shape index (κ3) is 3.55. The van der Waals surface area contributed by atoms with E-state index in [1.807, 2.05) is 37.3 Å². The Morgan fingerprint density at radius 3 is 2.65 bits per heavy atom. The molecule has 0 radical (unpaired) electrons. The summed E-state index contributed by atoms with van der Waals surface area (Å²) in [7, 11) is 0. The van der Waals surface area contributed by atoms with Crippen molar-refractivity contribution in [2.24, 2.45) is 0 Å². The number of ketones is 1. The Morgan fingerprint density at radius 1 is 1.27 bits per heavy atom. The number of aromatic nitrogens is 3. The number of hydrogen-bond donors (Lipinski definition) is 4. The maximum atomic E-state index is 12.2. The van der Waals surface area contributed by atoms with Crippen LogP contribution >= 0.6 is 0 Å². The average molecular weight is 353 g/mol. The number of hydrogen-bond acceptors (Lipinski definition) is 5. The van der Waals surface area contributed by atoms with Crippen LogP contribution < -0.4 is 10.6 Å². The fourth-order valence-corrected chi connectivity index (χ4v) is 2.73. The summed E-state index contributed by atoms with van der Waals surface area (Å²) in [4.78, 5) is 28.1. The number of Topliss-reactive ketones (excluding diaryl/α,β-unsaturated/α-hetero) is 1. The number of pyridine rings is 1. The topological polar surface area (TPSA) is 120 Å². The minimum absolute atomic E-state index is 0.186. The van der Waals surface area contributed by atoms with Crippen LogP contribution in [0.15, 0.2) is 36.4 Å². The summed E-state index contributed by atoms with van der Waals surface area (Å²) in [5.41, 5.74) is 1.97. The zero-order chi connectivity index (χ0) is 18.7. The molecule has 0 fully saturated rings. The van der Waals surface area contributed by atoms with Crippen LogP contribution in [0.5, 0.6) is 0 Å². The van der Waals surface area contributed by atoms with E-state index in [1.54, 1.807) is 6.07 Å². The fraction of sp³-hybridized carbons (Fsp3) is 0.222. The molecule has 0 unspecified atom stereocenters. The van der Waals surface area contributed by atoms with Crippen molar-refractivity contribution in [1.82, 2.24) is 20.5 Å². The Labute approximate surface area is 149 Å². The lowest BCUT2D eigenvalue weighted by Crippen LogP contribution is -2.31. The van der Waals surface area contributed by atoms with Gasteiger partial charge in [-0.2, -0.15) is 5.10 Å². The van der Waals surface area contributed by atoms with Gasteiger partial charge in [-0.1, -0.05) is 30.3 Å². The number of carbonyl (C=O) groups excluding carboxylic acids is 2. The first-order valence-corrected chi connectivity index (χ1v) is 8.12. The molecule has 4 N–H and O–H groups in total. The van der Waals surface area contributed by atoms with Gasteiger partial charge < -0.3 is 10.4 Å². The number of benzene rings is 1. The van der Waals surface area contributed by atoms with E-state index in [0.717, 1.165) is 5.56 Å². The molecule has 8 heteroatoms. The monoisotopic (exact) mass is 353 g/mol. The van der Waals surface area contributed by atoms with E-state index < -0.39 is 6.03 Å². The van der Waals surface area contributed by atoms with Crippen molar-refractivity contribution in [2.45, 2.75) is 26.5 Å². The van der Waals surface area contributed by atoms with E-state index in [2.05, 4.69) is 25.8 Å². The fourth-order valence-electron chi connectivity index (χ4n) is 2.73. The summed E-state index contributed by atoms with van der Waals surface area (Å²) in [6.45, 7) is 2.88. The SMILES string of the molecule is CC(=O)c1n[nH]c2cc(NC(=O)N[C@H](C)c3ccccc3)nc(CO)c12. The third-order valence-electron chi connectivity index (χ3n) is 3.99. The second kappa shape index (κ2) is 7.32. The second-order valence-electron chi connectivity index (χ2n) is 5.89. The van der Waals surface area contributed by atoms with E-state index in [4.69, 9.17) is 0 Å². The van der Waals surface area contributed by atoms with Gasteiger partial charge in [-0.25, -0.2) is 9.78 Å². The van der Waals surface area contributed by atoms with Crippen LogP contribution in [0.3, 0.4) is 0 Å². The molecular weight excluding hydrogens is 334 g/mol. The third-order valence-corrected chi connectivity index (χ3v) is 3.99. The molecular formula is C18H19N5O3. The molecule has 1 atom stereocenters. The standard InChI is InChI=1S/C18H19N5O3/c1-10(12-6-4-3-5-7-12)19-18(26)21-15-8-13-16(14(9-24)20-15)17(11(2)25)23-22-13/h3-8,10,24H,9H2,1-2H3,(H,22,23)(H2,19,20,21,26)/t10-/m1/s1. The number of H-pyrrole nitrogens is 1. The van der Waals surface area contributed by atoms with E-state index in [-0.39, 0.29) is 35.6 Å². The van der Waals surface area contributed by atoms with Crippen molar-refractivity contribution in [2.75, 3.05) is 5.32 Å². The maximum Gasteiger partial charge on any atom is 0.320 e. The lowest BCUT2D eigenvalue weighted by Gasteiger charge is -2.15. The molecule has 0 saturated carbocycles. The quantitative estimate of drug-likeness (QED) is 0.525. The molecule has 0 aliphatic carbocycles. The molecule has 134 valence electrons. The van der Waals surface area contributed by atoms with Crippen LogP contribution in [0.2, 0.25) is 0 Å². The van der Waals surface area contributed by atoms with Crippen molar-refractivity contribution < 1.29 is 14.7 Å². The number of nitrogens with zero attached hydrogens (tertiary/aromatic N) is 2. The van der Waals surface area contributed by atoms with Gasteiger partial charge >= 0.3 is 6.03 Å². The van der Waals surface area contributed by atoms with Crippen molar-refractivity contribution in [1.29, 1.82) is 0 Å². The number of carbonyl (C=O) groups is 2. The highest BCUT2D eigenvalue weighted by molar-refractivity contribution is 6.06. The molecule has 2 heterocycles. The number of rotatable bonds is 5. The van der Waals surface area contributed by atoms with Crippen LogP contribution in [0.25, 0.3) is 10.9 Å². The Kier molecular flexibility index (Phi) is 4.94. The predicted molar refractivity (Wildman–Crippen MR) is 96.8 cm³/mol. The minimum atomic E-state index is -0.427. The predicted octanol–water partition coefficient (Wildman–Crippen LogP) is 2.54. The van der Waals surface area contributed by atoms with E-state index in [9.17, 15) is 14.7 Å². The Morgan fingerprint density at radius 2 is 2.00 bits per heavy atom. The lowest BCUT2D eigenvalue weighted by atomic mass is 10.1. The highest BCUT2D eigenvalue weighted by Gasteiger charge is 2.17. The van der Waals surface area contributed by atoms with Gasteiger partial charge in [0.25, 0.3) is 0 Å². The van der Waals surface area contributed by atoms with E-state index >= 15 is 0 Å². The molecule has 0 spiro atoms. The molecule has 2 aromatic heterocycles. The number of aliphatic hydroxyl groups excluding tert-OH is 1. The Balaban J connectivity index is 1.80. The molecule has 8 nitrogen and oxygen atoms in total. The second-order valence-corrected chi connectivity index (χ2v) is 5.89. The Bertz CT molecular complexity index is 952. The van der Waals surface area contributed by atoms with Gasteiger partial charge in [0.2, 0.25) is 0 Å². The summed E-state index contributed by atoms with van der Waals surface area (Å²) in [5.74, 6) is 0.0148. The normalized spacial score (nSPS) is 12.0. The van der Waals surface area contributed by atoms with Crippen LogP contribution in [0.4, 0.5) is 10.6 Å². The van der Waals surface area contributed by atoms with Gasteiger partial charge in [0.05, 0.1) is 29.2 Å². The number of nitrogens with one attached hydrogen (secondary N) is 3. The van der Waals surface area contributed by atoms with Crippen molar-refractivity contribution in [3.8, 4) is 0 Å². The van der Waals surface area contributed by atoms with Gasteiger partial charge in [-0.3, -0.25) is 15.2 Å². The van der Waals surface area contributed by atoms with Crippen molar-refractivity contribution in [3.05, 3.63) is 53.3 Å². The first kappa shape index (κ1) is 17.6. The number of aliphatic hydroxyl groups is 1. The summed E-state index contributed by atoms with van der Waals surface area (Å²) < 4.78 is 0. The molecule has 0 saturated heterocycles. The van der Waals surface area contributed by atoms with Gasteiger partial charge in [-0.15, -0.1) is 0 Å². The molecule has 3 rings (SSSR count). The molecule has 26 heavy (non-hydrogen) atoms. The van der Waals surface area contributed by atoms with Crippen molar-refractivity contribution in [3.63, 3.8) is 0 Å². The van der Waals surface area contributed by atoms with E-state index in [0.29, 0.717) is 10.9 Å². The largest absolute Gasteiger partial charge is 0.390 e. The van der Waals surface area contributed by atoms with Crippen LogP contribution in [-0.2, 0) is 6.61 Å². The zero-order valence-electron chi connectivity index (χ0n) is 14.4. The number of aromatic amines is 1. The summed E-state index contributed by atoms with van der Waals surface area (Å²) >= 11 is 0. The highest BCUT2D eigenvalue weighted by atomic mass is 16.3. The Hall–Kier alpha value is -3.26. The minimum Gasteiger partial charge on any atom is -0.390 e. The number of anilines is 1. The zero-order valence-corrected chi connectivity index (χ0v) is 14.4. The van der Waals surface area contributed by atoms with Gasteiger partial charge in [-0.05, 0) is 12.5 Å². The summed E-state index contributed by atoms with van der Waals surface area (Å²) in [5, 5.41) is 22.2. The first-order chi connectivity index (χ1) is 12.5. The van der Waals surface area contributed by atoms with Crippen LogP contribution in [-0.4, -0.2) is 32.1 Å². The maximum absolute atomic E-state index is 12.2. The number of amides is 2. The molecule has 0 aliphatic heterocycles. The average Bonchev–Trinajstić information content (AvgIpc) is 3.05. The first-order valence-electron chi connectivity index (χ1n) is 8.12. The molecule has 3 aromatic rings. The van der Waals surface area contributed by atoms with Gasteiger partial charge in [0.15, 0.2) is 5.78 Å². The summed E-state index contributed by atoms with van der Waals surface area (Å²) in [6, 6.07) is 10.5. The lowest BCUT2D eigenvalue weighted by molar-refractivity contribution is 0.101. The smallest absolute Gasteiger partial charge is 0.320 e. The van der Waals surface area contributed by atoms with Crippen LogP contribution in [0.1, 0.15) is 41.6 Å². The highest BCUT2D eigenvalue weighted by Crippen LogP contribution is 2.23. The summed E-state index contributed by atoms with van der Waals surface area (Å²) in [6.07, 6.45) is 0. The number of fused-ring (bicyclic) bond motifs is 1. The molecule has 0 aliphatic rings. The molecule has 1 aromatic carbocycles.